The molecule has 3 amide bonds. The molecule has 6 rings (SSSR count). The van der Waals surface area contributed by atoms with E-state index >= 15 is 0 Å². The molecule has 2 aromatic carbocycles. The summed E-state index contributed by atoms with van der Waals surface area (Å²) >= 11 is 10.00. The van der Waals surface area contributed by atoms with E-state index in [1.165, 1.54) is 24.3 Å². The van der Waals surface area contributed by atoms with Gasteiger partial charge in [-0.15, -0.1) is 0 Å². The van der Waals surface area contributed by atoms with Gasteiger partial charge in [-0.2, -0.15) is 0 Å². The van der Waals surface area contributed by atoms with Crippen LogP contribution in [-0.2, 0) is 24.2 Å². The van der Waals surface area contributed by atoms with Crippen molar-refractivity contribution in [2.75, 3.05) is 31.5 Å². The second kappa shape index (κ2) is 13.1. The number of urea groups is 1. The quantitative estimate of drug-likeness (QED) is 0.286. The molecule has 0 spiro atoms. The van der Waals surface area contributed by atoms with Crippen LogP contribution in [0.25, 0.3) is 0 Å². The third kappa shape index (κ3) is 6.50. The molecule has 1 aliphatic carbocycles. The monoisotopic (exact) mass is 679 g/mol. The molecule has 2 N–H and O–H groups in total. The number of rotatable bonds is 6. The number of imidazole rings is 1. The zero-order valence-corrected chi connectivity index (χ0v) is 26.5. The van der Waals surface area contributed by atoms with Gasteiger partial charge in [0.2, 0.25) is 5.91 Å². The van der Waals surface area contributed by atoms with Gasteiger partial charge in [0.25, 0.3) is 0 Å². The predicted molar refractivity (Wildman–Crippen MR) is 170 cm³/mol. The van der Waals surface area contributed by atoms with E-state index in [1.807, 2.05) is 23.6 Å². The lowest BCUT2D eigenvalue weighted by Crippen LogP contribution is -2.62. The van der Waals surface area contributed by atoms with Gasteiger partial charge in [0, 0.05) is 66.0 Å². The Labute approximate surface area is 268 Å². The molecule has 0 bridgehead atoms. The van der Waals surface area contributed by atoms with Crippen molar-refractivity contribution in [2.24, 2.45) is 0 Å². The summed E-state index contributed by atoms with van der Waals surface area (Å²) in [5.74, 6) is -0.649. The number of aromatic nitrogens is 3. The molecule has 2 aromatic heterocycles. The lowest BCUT2D eigenvalue weighted by Gasteiger charge is -2.43. The highest BCUT2D eigenvalue weighted by Crippen LogP contribution is 2.38. The fourth-order valence-corrected chi connectivity index (χ4v) is 6.63. The minimum Gasteiger partial charge on any atom is -0.352 e. The minimum absolute atomic E-state index is 0.223. The Morgan fingerprint density at radius 1 is 1.07 bits per heavy atom. The molecule has 4 aromatic rings. The van der Waals surface area contributed by atoms with Crippen LogP contribution in [0.15, 0.2) is 71.7 Å². The van der Waals surface area contributed by atoms with E-state index < -0.39 is 17.9 Å². The molecular formula is C32H32BrClFN7O2. The predicted octanol–water partition coefficient (Wildman–Crippen LogP) is 5.36. The molecule has 1 aliphatic heterocycles. The minimum atomic E-state index is -0.786. The summed E-state index contributed by atoms with van der Waals surface area (Å²) < 4.78 is 16.4. The van der Waals surface area contributed by atoms with E-state index in [-0.39, 0.29) is 18.5 Å². The van der Waals surface area contributed by atoms with Gasteiger partial charge >= 0.3 is 6.03 Å². The fraction of sp³-hybridized carbons (Fsp3) is 0.312. The first kappa shape index (κ1) is 30.2. The fourth-order valence-electron chi connectivity index (χ4n) is 6.05. The van der Waals surface area contributed by atoms with E-state index in [9.17, 15) is 14.0 Å². The largest absolute Gasteiger partial charge is 0.352 e. The third-order valence-electron chi connectivity index (χ3n) is 8.30. The van der Waals surface area contributed by atoms with Crippen molar-refractivity contribution in [1.29, 1.82) is 0 Å². The highest BCUT2D eigenvalue weighted by atomic mass is 79.9. The number of carbonyl (C=O) groups excluding carboxylic acids is 2. The number of amides is 3. The maximum absolute atomic E-state index is 13.8. The van der Waals surface area contributed by atoms with Crippen LogP contribution in [0.5, 0.6) is 0 Å². The lowest BCUT2D eigenvalue weighted by molar-refractivity contribution is -0.127. The Hall–Kier alpha value is -3.80. The Bertz CT molecular complexity index is 1630. The number of anilines is 1. The lowest BCUT2D eigenvalue weighted by atomic mass is 9.95. The molecule has 2 atom stereocenters. The molecule has 9 nitrogen and oxygen atoms in total. The number of pyridine rings is 1. The molecule has 228 valence electrons. The SMILES string of the molecule is Cc1cncn1CCNC(=O)[C@H]1CN(C2c3ccc(Cl)cc3CCc3cc(Br)cnc32)CCN1C(=O)Nc1ccc(F)cc1. The van der Waals surface area contributed by atoms with Gasteiger partial charge in [0.15, 0.2) is 0 Å². The number of piperazine rings is 1. The summed E-state index contributed by atoms with van der Waals surface area (Å²) in [4.78, 5) is 40.2. The number of hydrogen-bond acceptors (Lipinski definition) is 5. The summed E-state index contributed by atoms with van der Waals surface area (Å²) in [6, 6.07) is 12.2. The summed E-state index contributed by atoms with van der Waals surface area (Å²) in [6.45, 7) is 3.99. The molecular weight excluding hydrogens is 649 g/mol. The van der Waals surface area contributed by atoms with Crippen molar-refractivity contribution in [1.82, 2.24) is 29.7 Å². The first-order valence-electron chi connectivity index (χ1n) is 14.5. The third-order valence-corrected chi connectivity index (χ3v) is 8.97. The Balaban J connectivity index is 1.30. The first-order valence-corrected chi connectivity index (χ1v) is 15.7. The van der Waals surface area contributed by atoms with E-state index in [0.29, 0.717) is 36.9 Å². The van der Waals surface area contributed by atoms with Gasteiger partial charge in [-0.1, -0.05) is 17.7 Å². The van der Waals surface area contributed by atoms with Crippen LogP contribution >= 0.6 is 27.5 Å². The van der Waals surface area contributed by atoms with E-state index in [1.54, 1.807) is 23.6 Å². The highest BCUT2D eigenvalue weighted by Gasteiger charge is 2.40. The molecule has 44 heavy (non-hydrogen) atoms. The molecule has 3 heterocycles. The van der Waals surface area contributed by atoms with Gasteiger partial charge in [-0.3, -0.25) is 14.7 Å². The Morgan fingerprint density at radius 2 is 1.86 bits per heavy atom. The Kier molecular flexibility index (Phi) is 8.97. The van der Waals surface area contributed by atoms with E-state index in [0.717, 1.165) is 45.4 Å². The highest BCUT2D eigenvalue weighted by molar-refractivity contribution is 9.10. The average Bonchev–Trinajstić information content (AvgIpc) is 3.35. The van der Waals surface area contributed by atoms with Crippen LogP contribution < -0.4 is 10.6 Å². The number of nitrogens with one attached hydrogen (secondary N) is 2. The molecule has 2 aliphatic rings. The van der Waals surface area contributed by atoms with Gasteiger partial charge < -0.3 is 20.1 Å². The number of aryl methyl sites for hydroxylation is 3. The van der Waals surface area contributed by atoms with Gasteiger partial charge in [0.1, 0.15) is 11.9 Å². The van der Waals surface area contributed by atoms with E-state index in [2.05, 4.69) is 48.6 Å². The standard InChI is InChI=1S/C32H32BrClFN7O2/c1-20-16-36-19-41(20)11-10-37-31(43)28-18-40(12-13-42(28)32(44)39-26-7-5-25(35)6-8-26)30-27-9-4-24(34)15-21(27)2-3-22-14-23(33)17-38-29(22)30/h4-9,14-17,19,28,30H,2-3,10-13,18H2,1H3,(H,37,43)(H,39,44)/t28-,30?/m1/s1. The molecule has 12 heteroatoms. The number of nitrogens with zero attached hydrogens (tertiary/aromatic N) is 5. The van der Waals surface area contributed by atoms with Gasteiger partial charge in [-0.05, 0) is 94.9 Å². The average molecular weight is 681 g/mol. The topological polar surface area (TPSA) is 95.4 Å². The van der Waals surface area contributed by atoms with Crippen LogP contribution in [0.2, 0.25) is 5.02 Å². The summed E-state index contributed by atoms with van der Waals surface area (Å²) in [7, 11) is 0. The molecule has 1 saturated heterocycles. The van der Waals surface area contributed by atoms with Crippen molar-refractivity contribution in [2.45, 2.75) is 38.4 Å². The van der Waals surface area contributed by atoms with Crippen LogP contribution in [0.4, 0.5) is 14.9 Å². The van der Waals surface area contributed by atoms with Crippen molar-refractivity contribution in [3.05, 3.63) is 111 Å². The van der Waals surface area contributed by atoms with Crippen LogP contribution in [0, 0.1) is 12.7 Å². The normalized spacial score (nSPS) is 18.2. The number of hydrogen-bond donors (Lipinski definition) is 2. The summed E-state index contributed by atoms with van der Waals surface area (Å²) in [6.07, 6.45) is 6.93. The first-order chi connectivity index (χ1) is 21.3. The summed E-state index contributed by atoms with van der Waals surface area (Å²) in [5.41, 5.74) is 5.75. The van der Waals surface area contributed by atoms with E-state index in [4.69, 9.17) is 16.6 Å². The maximum Gasteiger partial charge on any atom is 0.322 e. The van der Waals surface area contributed by atoms with Crippen LogP contribution in [0.3, 0.4) is 0 Å². The summed E-state index contributed by atoms with van der Waals surface area (Å²) in [5, 5.41) is 6.55. The number of carbonyl (C=O) groups is 2. The smallest absolute Gasteiger partial charge is 0.322 e. The van der Waals surface area contributed by atoms with Crippen molar-refractivity contribution in [3.63, 3.8) is 0 Å². The number of benzene rings is 2. The molecule has 1 fully saturated rings. The zero-order valence-electron chi connectivity index (χ0n) is 24.1. The molecule has 1 unspecified atom stereocenters. The number of fused-ring (bicyclic) bond motifs is 2. The molecule has 0 saturated carbocycles. The second-order valence-corrected chi connectivity index (χ2v) is 12.5. The molecule has 0 radical (unpaired) electrons. The maximum atomic E-state index is 13.8. The van der Waals surface area contributed by atoms with Crippen LogP contribution in [-0.4, -0.2) is 68.5 Å². The van der Waals surface area contributed by atoms with Gasteiger partial charge in [-0.25, -0.2) is 14.2 Å². The van der Waals surface area contributed by atoms with Gasteiger partial charge in [0.05, 0.1) is 18.1 Å². The Morgan fingerprint density at radius 3 is 2.64 bits per heavy atom. The number of halogens is 3. The zero-order chi connectivity index (χ0) is 30.8. The van der Waals surface area contributed by atoms with Crippen molar-refractivity contribution in [3.8, 4) is 0 Å². The van der Waals surface area contributed by atoms with Crippen molar-refractivity contribution >= 4 is 45.2 Å². The van der Waals surface area contributed by atoms with Crippen molar-refractivity contribution < 1.29 is 14.0 Å². The van der Waals surface area contributed by atoms with Crippen LogP contribution in [0.1, 0.15) is 34.1 Å². The second-order valence-electron chi connectivity index (χ2n) is 11.1.